The SMILES string of the molecule is CCNC1CC(C)CC(C)C1N(C)C(C)(C)CC. The fourth-order valence-electron chi connectivity index (χ4n) is 3.61. The largest absolute Gasteiger partial charge is 0.313 e. The van der Waals surface area contributed by atoms with Gasteiger partial charge in [-0.1, -0.05) is 27.7 Å². The van der Waals surface area contributed by atoms with Gasteiger partial charge in [0.15, 0.2) is 0 Å². The van der Waals surface area contributed by atoms with Crippen LogP contribution >= 0.6 is 0 Å². The van der Waals surface area contributed by atoms with Crippen LogP contribution in [0.15, 0.2) is 0 Å². The van der Waals surface area contributed by atoms with Crippen molar-refractivity contribution in [2.75, 3.05) is 13.6 Å². The first-order chi connectivity index (χ1) is 8.33. The van der Waals surface area contributed by atoms with Gasteiger partial charge in [0, 0.05) is 17.6 Å². The highest BCUT2D eigenvalue weighted by Gasteiger charge is 2.39. The maximum atomic E-state index is 3.73. The Hall–Kier alpha value is -0.0800. The topological polar surface area (TPSA) is 15.3 Å². The Bertz CT molecular complexity index is 249. The van der Waals surface area contributed by atoms with Crippen molar-refractivity contribution < 1.29 is 0 Å². The van der Waals surface area contributed by atoms with Crippen LogP contribution in [0.25, 0.3) is 0 Å². The predicted octanol–water partition coefficient (Wildman–Crippen LogP) is 3.52. The summed E-state index contributed by atoms with van der Waals surface area (Å²) in [5.41, 5.74) is 0.299. The summed E-state index contributed by atoms with van der Waals surface area (Å²) in [6.45, 7) is 15.2. The number of nitrogens with zero attached hydrogens (tertiary/aromatic N) is 1. The average Bonchev–Trinajstić information content (AvgIpc) is 2.28. The van der Waals surface area contributed by atoms with Crippen molar-refractivity contribution in [2.45, 2.75) is 78.4 Å². The van der Waals surface area contributed by atoms with Crippen LogP contribution in [-0.2, 0) is 0 Å². The number of rotatable bonds is 5. The first-order valence-corrected chi connectivity index (χ1v) is 7.79. The van der Waals surface area contributed by atoms with Crippen molar-refractivity contribution in [3.05, 3.63) is 0 Å². The Labute approximate surface area is 115 Å². The van der Waals surface area contributed by atoms with E-state index < -0.39 is 0 Å². The van der Waals surface area contributed by atoms with Crippen LogP contribution in [0.5, 0.6) is 0 Å². The van der Waals surface area contributed by atoms with E-state index >= 15 is 0 Å². The van der Waals surface area contributed by atoms with Crippen LogP contribution in [0.1, 0.15) is 60.8 Å². The third-order valence-corrected chi connectivity index (χ3v) is 5.16. The van der Waals surface area contributed by atoms with E-state index in [9.17, 15) is 0 Å². The van der Waals surface area contributed by atoms with Crippen molar-refractivity contribution in [3.63, 3.8) is 0 Å². The lowest BCUT2D eigenvalue weighted by molar-refractivity contribution is 0.0131. The molecule has 0 amide bonds. The minimum absolute atomic E-state index is 0.299. The lowest BCUT2D eigenvalue weighted by Gasteiger charge is -2.50. The number of likely N-dealkylation sites (N-methyl/N-ethyl adjacent to an activating group) is 2. The van der Waals surface area contributed by atoms with Crippen molar-refractivity contribution in [3.8, 4) is 0 Å². The Morgan fingerprint density at radius 2 is 1.78 bits per heavy atom. The van der Waals surface area contributed by atoms with Gasteiger partial charge in [-0.2, -0.15) is 0 Å². The average molecular weight is 254 g/mol. The zero-order valence-corrected chi connectivity index (χ0v) is 13.6. The zero-order valence-electron chi connectivity index (χ0n) is 13.6. The molecule has 0 bridgehead atoms. The molecule has 0 aromatic heterocycles. The van der Waals surface area contributed by atoms with Crippen molar-refractivity contribution >= 4 is 0 Å². The van der Waals surface area contributed by atoms with Crippen molar-refractivity contribution in [1.29, 1.82) is 0 Å². The molecule has 0 aromatic rings. The third-order valence-electron chi connectivity index (χ3n) is 5.16. The van der Waals surface area contributed by atoms with Crippen LogP contribution in [0, 0.1) is 11.8 Å². The van der Waals surface area contributed by atoms with Gasteiger partial charge in [0.1, 0.15) is 0 Å². The molecule has 0 aliphatic heterocycles. The highest BCUT2D eigenvalue weighted by atomic mass is 15.2. The van der Waals surface area contributed by atoms with E-state index in [2.05, 4.69) is 58.8 Å². The molecular formula is C16H34N2. The van der Waals surface area contributed by atoms with E-state index in [1.54, 1.807) is 0 Å². The Kier molecular flexibility index (Phi) is 5.67. The fourth-order valence-corrected chi connectivity index (χ4v) is 3.61. The van der Waals surface area contributed by atoms with Gasteiger partial charge < -0.3 is 5.32 Å². The van der Waals surface area contributed by atoms with Gasteiger partial charge >= 0.3 is 0 Å². The summed E-state index contributed by atoms with van der Waals surface area (Å²) < 4.78 is 0. The molecule has 2 heteroatoms. The molecule has 1 aliphatic rings. The summed E-state index contributed by atoms with van der Waals surface area (Å²) in [5, 5.41) is 3.73. The molecule has 2 nitrogen and oxygen atoms in total. The summed E-state index contributed by atoms with van der Waals surface area (Å²) in [6, 6.07) is 1.33. The first kappa shape index (κ1) is 16.0. The van der Waals surface area contributed by atoms with Gasteiger partial charge in [-0.05, 0) is 58.5 Å². The Morgan fingerprint density at radius 1 is 1.17 bits per heavy atom. The van der Waals surface area contributed by atoms with Crippen LogP contribution in [-0.4, -0.2) is 36.1 Å². The van der Waals surface area contributed by atoms with Gasteiger partial charge in [-0.25, -0.2) is 0 Å². The molecule has 108 valence electrons. The van der Waals surface area contributed by atoms with E-state index in [0.717, 1.165) is 18.4 Å². The molecule has 0 radical (unpaired) electrons. The molecule has 0 aromatic carbocycles. The van der Waals surface area contributed by atoms with E-state index in [0.29, 0.717) is 17.6 Å². The van der Waals surface area contributed by atoms with Crippen LogP contribution in [0.2, 0.25) is 0 Å². The van der Waals surface area contributed by atoms with Crippen molar-refractivity contribution in [1.82, 2.24) is 10.2 Å². The predicted molar refractivity (Wildman–Crippen MR) is 80.9 cm³/mol. The van der Waals surface area contributed by atoms with Gasteiger partial charge in [0.25, 0.3) is 0 Å². The molecule has 0 spiro atoms. The maximum Gasteiger partial charge on any atom is 0.0277 e. The molecule has 1 rings (SSSR count). The monoisotopic (exact) mass is 254 g/mol. The van der Waals surface area contributed by atoms with E-state index in [4.69, 9.17) is 0 Å². The summed E-state index contributed by atoms with van der Waals surface area (Å²) in [5.74, 6) is 1.65. The van der Waals surface area contributed by atoms with Gasteiger partial charge in [-0.3, -0.25) is 4.90 Å². The fraction of sp³-hybridized carbons (Fsp3) is 1.00. The smallest absolute Gasteiger partial charge is 0.0277 e. The third kappa shape index (κ3) is 3.48. The molecular weight excluding hydrogens is 220 g/mol. The molecule has 4 atom stereocenters. The molecule has 1 saturated carbocycles. The van der Waals surface area contributed by atoms with E-state index in [-0.39, 0.29) is 0 Å². The maximum absolute atomic E-state index is 3.73. The molecule has 0 saturated heterocycles. The van der Waals surface area contributed by atoms with Crippen LogP contribution < -0.4 is 5.32 Å². The second kappa shape index (κ2) is 6.38. The normalized spacial score (nSPS) is 34.0. The van der Waals surface area contributed by atoms with E-state index in [1.807, 2.05) is 0 Å². The molecule has 4 unspecified atom stereocenters. The van der Waals surface area contributed by atoms with Crippen LogP contribution in [0.3, 0.4) is 0 Å². The minimum atomic E-state index is 0.299. The minimum Gasteiger partial charge on any atom is -0.313 e. The van der Waals surface area contributed by atoms with Gasteiger partial charge in [0.05, 0.1) is 0 Å². The van der Waals surface area contributed by atoms with Crippen LogP contribution in [0.4, 0.5) is 0 Å². The van der Waals surface area contributed by atoms with Gasteiger partial charge in [-0.15, -0.1) is 0 Å². The van der Waals surface area contributed by atoms with Gasteiger partial charge in [0.2, 0.25) is 0 Å². The summed E-state index contributed by atoms with van der Waals surface area (Å²) in [7, 11) is 2.32. The lowest BCUT2D eigenvalue weighted by Crippen LogP contribution is -2.60. The lowest BCUT2D eigenvalue weighted by atomic mass is 9.74. The summed E-state index contributed by atoms with van der Waals surface area (Å²) >= 11 is 0. The van der Waals surface area contributed by atoms with Crippen molar-refractivity contribution in [2.24, 2.45) is 11.8 Å². The first-order valence-electron chi connectivity index (χ1n) is 7.79. The highest BCUT2D eigenvalue weighted by Crippen LogP contribution is 2.35. The van der Waals surface area contributed by atoms with E-state index in [1.165, 1.54) is 19.3 Å². The molecule has 1 N–H and O–H groups in total. The number of hydrogen-bond donors (Lipinski definition) is 1. The summed E-state index contributed by atoms with van der Waals surface area (Å²) in [4.78, 5) is 2.64. The quantitative estimate of drug-likeness (QED) is 0.807. The standard InChI is InChI=1S/C16H34N2/c1-8-16(5,6)18(7)15-13(4)10-12(3)11-14(15)17-9-2/h12-15,17H,8-11H2,1-7H3. The Morgan fingerprint density at radius 3 is 2.28 bits per heavy atom. The molecule has 18 heavy (non-hydrogen) atoms. The highest BCUT2D eigenvalue weighted by molar-refractivity contribution is 4.96. The molecule has 1 aliphatic carbocycles. The zero-order chi connectivity index (χ0) is 13.9. The second-order valence-electron chi connectivity index (χ2n) is 6.99. The Balaban J connectivity index is 2.86. The summed E-state index contributed by atoms with van der Waals surface area (Å²) in [6.07, 6.45) is 3.91. The number of nitrogens with one attached hydrogen (secondary N) is 1. The number of hydrogen-bond acceptors (Lipinski definition) is 2. The molecule has 0 heterocycles. The second-order valence-corrected chi connectivity index (χ2v) is 6.99. The molecule has 1 fully saturated rings.